The molecule has 134 valence electrons. The maximum atomic E-state index is 12.8. The quantitative estimate of drug-likeness (QED) is 0.429. The van der Waals surface area contributed by atoms with Crippen molar-refractivity contribution in [2.24, 2.45) is 0 Å². The van der Waals surface area contributed by atoms with Crippen LogP contribution >= 0.6 is 11.3 Å². The van der Waals surface area contributed by atoms with Gasteiger partial charge in [0.1, 0.15) is 5.76 Å². The van der Waals surface area contributed by atoms with E-state index in [0.29, 0.717) is 10.7 Å². The molecule has 0 spiro atoms. The molecule has 0 saturated carbocycles. The molecular weight excluding hydrogens is 362 g/mol. The summed E-state index contributed by atoms with van der Waals surface area (Å²) in [5, 5.41) is 13.0. The van der Waals surface area contributed by atoms with Crippen LogP contribution in [-0.2, 0) is 9.59 Å². The van der Waals surface area contributed by atoms with Gasteiger partial charge in [0.15, 0.2) is 5.13 Å². The zero-order valence-electron chi connectivity index (χ0n) is 14.4. The molecule has 1 aliphatic rings. The number of amides is 1. The number of carbonyl (C=O) groups is 2. The number of Topliss-reactive ketones (excluding diaryl/α,β-unsaturated/α-hetero) is 1. The number of benzene rings is 1. The summed E-state index contributed by atoms with van der Waals surface area (Å²) in [4.78, 5) is 35.1. The van der Waals surface area contributed by atoms with Crippen molar-refractivity contribution in [1.82, 2.24) is 9.97 Å². The Balaban J connectivity index is 1.94. The highest BCUT2D eigenvalue weighted by Crippen LogP contribution is 2.42. The molecule has 3 aromatic rings. The first-order chi connectivity index (χ1) is 13.1. The van der Waals surface area contributed by atoms with Crippen LogP contribution < -0.4 is 4.90 Å². The first-order valence-corrected chi connectivity index (χ1v) is 9.13. The second-order valence-corrected chi connectivity index (χ2v) is 7.00. The smallest absolute Gasteiger partial charge is 0.301 e. The number of hydrogen-bond donors (Lipinski definition) is 1. The second-order valence-electron chi connectivity index (χ2n) is 6.13. The maximum Gasteiger partial charge on any atom is 0.301 e. The van der Waals surface area contributed by atoms with Crippen LogP contribution in [-0.4, -0.2) is 26.8 Å². The summed E-state index contributed by atoms with van der Waals surface area (Å²) in [6.07, 6.45) is 4.62. The van der Waals surface area contributed by atoms with Crippen molar-refractivity contribution >= 4 is 33.9 Å². The maximum absolute atomic E-state index is 12.8. The zero-order chi connectivity index (χ0) is 19.0. The Bertz CT molecular complexity index is 1030. The van der Waals surface area contributed by atoms with Gasteiger partial charge in [-0.1, -0.05) is 29.8 Å². The predicted molar refractivity (Wildman–Crippen MR) is 102 cm³/mol. The molecule has 1 saturated heterocycles. The molecule has 1 amide bonds. The lowest BCUT2D eigenvalue weighted by molar-refractivity contribution is -0.132. The zero-order valence-corrected chi connectivity index (χ0v) is 15.2. The normalized spacial score (nSPS) is 18.9. The van der Waals surface area contributed by atoms with Gasteiger partial charge in [-0.3, -0.25) is 19.5 Å². The third kappa shape index (κ3) is 2.92. The van der Waals surface area contributed by atoms with Crippen molar-refractivity contribution in [2.75, 3.05) is 4.90 Å². The van der Waals surface area contributed by atoms with Crippen LogP contribution in [0.15, 0.2) is 65.9 Å². The van der Waals surface area contributed by atoms with E-state index in [1.54, 1.807) is 23.7 Å². The highest BCUT2D eigenvalue weighted by Gasteiger charge is 2.47. The highest BCUT2D eigenvalue weighted by molar-refractivity contribution is 7.14. The van der Waals surface area contributed by atoms with Gasteiger partial charge in [0.25, 0.3) is 5.78 Å². The number of pyridine rings is 1. The number of ketones is 1. The van der Waals surface area contributed by atoms with Crippen molar-refractivity contribution < 1.29 is 14.7 Å². The summed E-state index contributed by atoms with van der Waals surface area (Å²) in [5.41, 5.74) is 2.26. The van der Waals surface area contributed by atoms with E-state index in [1.807, 2.05) is 31.2 Å². The summed E-state index contributed by atoms with van der Waals surface area (Å²) >= 11 is 1.26. The minimum Gasteiger partial charge on any atom is -0.507 e. The van der Waals surface area contributed by atoms with Crippen molar-refractivity contribution in [2.45, 2.75) is 13.0 Å². The van der Waals surface area contributed by atoms with E-state index in [1.165, 1.54) is 28.6 Å². The van der Waals surface area contributed by atoms with Crippen LogP contribution in [0.4, 0.5) is 5.13 Å². The van der Waals surface area contributed by atoms with E-state index >= 15 is 0 Å². The number of aromatic nitrogens is 2. The van der Waals surface area contributed by atoms with Gasteiger partial charge in [0, 0.05) is 29.5 Å². The van der Waals surface area contributed by atoms with Crippen molar-refractivity contribution in [3.63, 3.8) is 0 Å². The molecule has 0 aliphatic carbocycles. The number of aliphatic hydroxyl groups is 1. The molecule has 6 nitrogen and oxygen atoms in total. The largest absolute Gasteiger partial charge is 0.507 e. The summed E-state index contributed by atoms with van der Waals surface area (Å²) < 4.78 is 0. The predicted octanol–water partition coefficient (Wildman–Crippen LogP) is 3.47. The third-order valence-electron chi connectivity index (χ3n) is 4.42. The molecule has 4 rings (SSSR count). The van der Waals surface area contributed by atoms with Crippen molar-refractivity contribution in [3.05, 3.63) is 82.6 Å². The average Bonchev–Trinajstić information content (AvgIpc) is 3.30. The molecule has 1 fully saturated rings. The van der Waals surface area contributed by atoms with Crippen molar-refractivity contribution in [3.8, 4) is 0 Å². The average molecular weight is 377 g/mol. The summed E-state index contributed by atoms with van der Waals surface area (Å²) in [7, 11) is 0. The molecule has 27 heavy (non-hydrogen) atoms. The van der Waals surface area contributed by atoms with Crippen LogP contribution in [0, 0.1) is 6.92 Å². The Hall–Kier alpha value is -3.32. The number of aliphatic hydroxyl groups excluding tert-OH is 1. The number of nitrogens with zero attached hydrogens (tertiary/aromatic N) is 3. The van der Waals surface area contributed by atoms with E-state index in [0.717, 1.165) is 11.1 Å². The molecule has 1 atom stereocenters. The van der Waals surface area contributed by atoms with Crippen LogP contribution in [0.3, 0.4) is 0 Å². The van der Waals surface area contributed by atoms with Crippen LogP contribution in [0.2, 0.25) is 0 Å². The molecule has 1 N–H and O–H groups in total. The Labute approximate surface area is 159 Å². The van der Waals surface area contributed by atoms with Crippen molar-refractivity contribution in [1.29, 1.82) is 0 Å². The first kappa shape index (κ1) is 17.1. The summed E-state index contributed by atoms with van der Waals surface area (Å²) in [6.45, 7) is 1.96. The fraction of sp³-hybridized carbons (Fsp3) is 0.100. The van der Waals surface area contributed by atoms with Gasteiger partial charge in [0.2, 0.25) is 0 Å². The van der Waals surface area contributed by atoms with E-state index in [4.69, 9.17) is 0 Å². The third-order valence-corrected chi connectivity index (χ3v) is 5.19. The van der Waals surface area contributed by atoms with E-state index < -0.39 is 17.7 Å². The van der Waals surface area contributed by atoms with Crippen LogP contribution in [0.25, 0.3) is 5.76 Å². The Kier molecular flexibility index (Phi) is 4.29. The number of carbonyl (C=O) groups excluding carboxylic acids is 2. The molecule has 1 aromatic carbocycles. The summed E-state index contributed by atoms with van der Waals surface area (Å²) in [5.74, 6) is -1.66. The van der Waals surface area contributed by atoms with Crippen LogP contribution in [0.1, 0.15) is 22.7 Å². The minimum atomic E-state index is -0.745. The summed E-state index contributed by atoms with van der Waals surface area (Å²) in [6, 6.07) is 9.97. The van der Waals surface area contributed by atoms with Gasteiger partial charge >= 0.3 is 5.91 Å². The minimum absolute atomic E-state index is 0.0465. The number of thiazole rings is 1. The number of aryl methyl sites for hydroxylation is 1. The van der Waals surface area contributed by atoms with Gasteiger partial charge in [0.05, 0.1) is 11.6 Å². The molecule has 1 unspecified atom stereocenters. The van der Waals surface area contributed by atoms with E-state index in [2.05, 4.69) is 9.97 Å². The molecule has 7 heteroatoms. The number of anilines is 1. The number of rotatable bonds is 3. The molecule has 2 aromatic heterocycles. The van der Waals surface area contributed by atoms with E-state index in [9.17, 15) is 14.7 Å². The Morgan fingerprint density at radius 2 is 1.78 bits per heavy atom. The van der Waals surface area contributed by atoms with Gasteiger partial charge in [-0.15, -0.1) is 11.3 Å². The number of hydrogen-bond acceptors (Lipinski definition) is 6. The second kappa shape index (κ2) is 6.77. The molecule has 0 bridgehead atoms. The topological polar surface area (TPSA) is 83.4 Å². The monoisotopic (exact) mass is 377 g/mol. The first-order valence-electron chi connectivity index (χ1n) is 8.25. The SMILES string of the molecule is Cc1ccc(C2C(=C(O)c3ccncc3)C(=O)C(=O)N2c2nccs2)cc1. The van der Waals surface area contributed by atoms with Gasteiger partial charge in [-0.25, -0.2) is 4.98 Å². The Morgan fingerprint density at radius 1 is 1.07 bits per heavy atom. The lowest BCUT2D eigenvalue weighted by atomic mass is 9.95. The molecular formula is C20H15N3O3S. The van der Waals surface area contributed by atoms with Crippen LogP contribution in [0.5, 0.6) is 0 Å². The molecule has 1 aliphatic heterocycles. The standard InChI is InChI=1S/C20H15N3O3S/c1-12-2-4-13(5-3-12)16-15(17(24)14-6-8-21-9-7-14)18(25)19(26)23(16)20-22-10-11-27-20/h2-11,16,24H,1H3. The lowest BCUT2D eigenvalue weighted by Crippen LogP contribution is -2.29. The fourth-order valence-electron chi connectivity index (χ4n) is 3.09. The lowest BCUT2D eigenvalue weighted by Gasteiger charge is -2.23. The van der Waals surface area contributed by atoms with Gasteiger partial charge < -0.3 is 5.11 Å². The fourth-order valence-corrected chi connectivity index (χ4v) is 3.76. The van der Waals surface area contributed by atoms with Gasteiger partial charge in [-0.05, 0) is 24.6 Å². The van der Waals surface area contributed by atoms with E-state index in [-0.39, 0.29) is 11.3 Å². The molecule has 3 heterocycles. The van der Waals surface area contributed by atoms with Gasteiger partial charge in [-0.2, -0.15) is 0 Å². The Morgan fingerprint density at radius 3 is 2.41 bits per heavy atom. The highest BCUT2D eigenvalue weighted by atomic mass is 32.1. The molecule has 0 radical (unpaired) electrons.